The number of esters is 1. The van der Waals surface area contributed by atoms with Gasteiger partial charge in [0.25, 0.3) is 0 Å². The van der Waals surface area contributed by atoms with E-state index in [1.165, 1.54) is 37.4 Å². The number of amides is 1. The fourth-order valence-corrected chi connectivity index (χ4v) is 4.85. The van der Waals surface area contributed by atoms with E-state index in [4.69, 9.17) is 9.47 Å². The number of hydrogen-bond donors (Lipinski definition) is 0. The molecule has 1 amide bonds. The Hall–Kier alpha value is -2.30. The van der Waals surface area contributed by atoms with Gasteiger partial charge in [-0.1, -0.05) is 6.92 Å². The fourth-order valence-electron chi connectivity index (χ4n) is 4.36. The molecule has 0 aromatic heterocycles. The predicted octanol–water partition coefficient (Wildman–Crippen LogP) is 7.46. The third-order valence-electron chi connectivity index (χ3n) is 6.23. The van der Waals surface area contributed by atoms with Crippen molar-refractivity contribution in [1.82, 2.24) is 0 Å². The summed E-state index contributed by atoms with van der Waals surface area (Å²) in [6.07, 6.45) is -1.11. The number of nitrogens with zero attached hydrogens (tertiary/aromatic N) is 1. The molecule has 2 aromatic rings. The van der Waals surface area contributed by atoms with Crippen molar-refractivity contribution in [1.29, 1.82) is 0 Å². The smallest absolute Gasteiger partial charge is 0.420 e. The Kier molecular flexibility index (Phi) is 8.72. The van der Waals surface area contributed by atoms with E-state index in [2.05, 4.69) is 6.92 Å². The van der Waals surface area contributed by atoms with Crippen LogP contribution in [0.2, 0.25) is 0 Å². The minimum Gasteiger partial charge on any atom is -0.465 e. The van der Waals surface area contributed by atoms with Crippen molar-refractivity contribution in [3.63, 3.8) is 0 Å². The second-order valence-corrected chi connectivity index (χ2v) is 10.4. The highest BCUT2D eigenvalue weighted by Gasteiger charge is 2.35. The van der Waals surface area contributed by atoms with Crippen molar-refractivity contribution in [3.05, 3.63) is 51.1 Å². The Balaban J connectivity index is 2.00. The van der Waals surface area contributed by atoms with Crippen LogP contribution in [0.3, 0.4) is 0 Å². The first-order valence-corrected chi connectivity index (χ1v) is 12.6. The Bertz CT molecular complexity index is 1080. The highest BCUT2D eigenvalue weighted by molar-refractivity contribution is 14.1. The average molecular weight is 603 g/mol. The molecule has 1 aliphatic carbocycles. The van der Waals surface area contributed by atoms with Crippen molar-refractivity contribution in [3.8, 4) is 11.5 Å². The van der Waals surface area contributed by atoms with E-state index in [1.54, 1.807) is 27.5 Å². The van der Waals surface area contributed by atoms with Crippen molar-refractivity contribution in [2.24, 2.45) is 11.8 Å². The summed E-state index contributed by atoms with van der Waals surface area (Å²) in [5.41, 5.74) is -0.518. The van der Waals surface area contributed by atoms with Crippen molar-refractivity contribution >= 4 is 40.2 Å². The molecular weight excluding hydrogens is 574 g/mol. The SMILES string of the molecule is COC(=O)c1cc(Oc2ccc(I)cc2C(F)(F)F)ccc1N(C(=O)C1CCC(C)CC1)C(C)C. The lowest BCUT2D eigenvalue weighted by atomic mass is 9.82. The van der Waals surface area contributed by atoms with Gasteiger partial charge < -0.3 is 14.4 Å². The number of carbonyl (C=O) groups excluding carboxylic acids is 2. The summed E-state index contributed by atoms with van der Waals surface area (Å²) in [5.74, 6) is -0.687. The number of anilines is 1. The maximum Gasteiger partial charge on any atom is 0.420 e. The maximum absolute atomic E-state index is 13.5. The third-order valence-corrected chi connectivity index (χ3v) is 6.90. The van der Waals surface area contributed by atoms with Crippen LogP contribution >= 0.6 is 22.6 Å². The third kappa shape index (κ3) is 6.48. The predicted molar refractivity (Wildman–Crippen MR) is 136 cm³/mol. The van der Waals surface area contributed by atoms with E-state index in [-0.39, 0.29) is 34.9 Å². The standard InChI is InChI=1S/C26H29F3INO4/c1-15(2)31(24(32)17-7-5-16(3)6-8-17)22-11-10-19(14-20(22)25(33)34-4)35-23-12-9-18(30)13-21(23)26(27,28)29/h9-17H,5-8H2,1-4H3. The summed E-state index contributed by atoms with van der Waals surface area (Å²) < 4.78 is 51.5. The lowest BCUT2D eigenvalue weighted by Gasteiger charge is -2.34. The molecule has 0 radical (unpaired) electrons. The number of carbonyl (C=O) groups is 2. The van der Waals surface area contributed by atoms with Gasteiger partial charge in [-0.3, -0.25) is 4.79 Å². The van der Waals surface area contributed by atoms with Gasteiger partial charge in [0.15, 0.2) is 0 Å². The normalized spacial score (nSPS) is 18.3. The summed E-state index contributed by atoms with van der Waals surface area (Å²) in [7, 11) is 1.21. The molecule has 0 spiro atoms. The zero-order valence-corrected chi connectivity index (χ0v) is 22.3. The fraction of sp³-hybridized carbons (Fsp3) is 0.462. The van der Waals surface area contributed by atoms with Gasteiger partial charge in [0.1, 0.15) is 11.5 Å². The molecule has 0 saturated heterocycles. The number of hydrogen-bond acceptors (Lipinski definition) is 4. The van der Waals surface area contributed by atoms with Crippen molar-refractivity contribution in [2.45, 2.75) is 58.7 Å². The highest BCUT2D eigenvalue weighted by atomic mass is 127. The van der Waals surface area contributed by atoms with Crippen molar-refractivity contribution in [2.75, 3.05) is 12.0 Å². The molecule has 0 atom stereocenters. The monoisotopic (exact) mass is 603 g/mol. The van der Waals surface area contributed by atoms with Crippen LogP contribution in [-0.2, 0) is 15.7 Å². The molecule has 190 valence electrons. The second kappa shape index (κ2) is 11.2. The van der Waals surface area contributed by atoms with Gasteiger partial charge in [-0.15, -0.1) is 0 Å². The number of rotatable bonds is 6. The summed E-state index contributed by atoms with van der Waals surface area (Å²) in [6, 6.07) is 7.82. The molecule has 1 aliphatic rings. The van der Waals surface area contributed by atoms with Crippen LogP contribution in [0, 0.1) is 15.4 Å². The summed E-state index contributed by atoms with van der Waals surface area (Å²) in [6.45, 7) is 5.89. The molecule has 0 heterocycles. The van der Waals surface area contributed by atoms with Gasteiger partial charge in [-0.25, -0.2) is 4.79 Å². The summed E-state index contributed by atoms with van der Waals surface area (Å²) in [4.78, 5) is 27.8. The van der Waals surface area contributed by atoms with E-state index < -0.39 is 17.7 Å². The minimum absolute atomic E-state index is 0.0310. The first-order valence-electron chi connectivity index (χ1n) is 11.5. The molecular formula is C26H29F3INO4. The van der Waals surface area contributed by atoms with Crippen molar-refractivity contribution < 1.29 is 32.2 Å². The lowest BCUT2D eigenvalue weighted by molar-refractivity contribution is -0.138. The van der Waals surface area contributed by atoms with Gasteiger partial charge in [-0.05, 0) is 104 Å². The van der Waals surface area contributed by atoms with Crippen LogP contribution in [-0.4, -0.2) is 25.0 Å². The largest absolute Gasteiger partial charge is 0.465 e. The van der Waals surface area contributed by atoms with Crippen LogP contribution in [0.5, 0.6) is 11.5 Å². The van der Waals surface area contributed by atoms with E-state index in [1.807, 2.05) is 13.8 Å². The minimum atomic E-state index is -4.61. The molecule has 9 heteroatoms. The first-order chi connectivity index (χ1) is 16.4. The lowest BCUT2D eigenvalue weighted by Crippen LogP contribution is -2.43. The van der Waals surface area contributed by atoms with Gasteiger partial charge in [-0.2, -0.15) is 13.2 Å². The van der Waals surface area contributed by atoms with Crippen LogP contribution < -0.4 is 9.64 Å². The van der Waals surface area contributed by atoms with Crippen LogP contribution in [0.4, 0.5) is 18.9 Å². The summed E-state index contributed by atoms with van der Waals surface area (Å²) >= 11 is 1.80. The Morgan fingerprint density at radius 3 is 2.29 bits per heavy atom. The molecule has 1 fully saturated rings. The van der Waals surface area contributed by atoms with E-state index in [0.29, 0.717) is 15.2 Å². The number of methoxy groups -OCH3 is 1. The number of ether oxygens (including phenoxy) is 2. The quantitative estimate of drug-likeness (QED) is 0.254. The van der Waals surface area contributed by atoms with E-state index in [0.717, 1.165) is 31.7 Å². The highest BCUT2D eigenvalue weighted by Crippen LogP contribution is 2.40. The van der Waals surface area contributed by atoms with Gasteiger partial charge >= 0.3 is 12.1 Å². The molecule has 1 saturated carbocycles. The molecule has 35 heavy (non-hydrogen) atoms. The number of benzene rings is 2. The topological polar surface area (TPSA) is 55.8 Å². The Labute approximate surface area is 217 Å². The van der Waals surface area contributed by atoms with Crippen LogP contribution in [0.15, 0.2) is 36.4 Å². The zero-order chi connectivity index (χ0) is 25.9. The Morgan fingerprint density at radius 2 is 1.71 bits per heavy atom. The van der Waals surface area contributed by atoms with Gasteiger partial charge in [0, 0.05) is 15.5 Å². The molecule has 0 bridgehead atoms. The van der Waals surface area contributed by atoms with E-state index >= 15 is 0 Å². The number of alkyl halides is 3. The van der Waals surface area contributed by atoms with Gasteiger partial charge in [0.05, 0.1) is 23.9 Å². The summed E-state index contributed by atoms with van der Waals surface area (Å²) in [5, 5.41) is 0. The first kappa shape index (κ1) is 27.3. The molecule has 5 nitrogen and oxygen atoms in total. The van der Waals surface area contributed by atoms with Crippen LogP contribution in [0.1, 0.15) is 62.4 Å². The number of halogens is 4. The molecule has 0 aliphatic heterocycles. The maximum atomic E-state index is 13.5. The van der Waals surface area contributed by atoms with Gasteiger partial charge in [0.2, 0.25) is 5.91 Å². The van der Waals surface area contributed by atoms with Crippen LogP contribution in [0.25, 0.3) is 0 Å². The second-order valence-electron chi connectivity index (χ2n) is 9.17. The molecule has 0 N–H and O–H groups in total. The zero-order valence-electron chi connectivity index (χ0n) is 20.1. The molecule has 2 aromatic carbocycles. The average Bonchev–Trinajstić information content (AvgIpc) is 2.80. The molecule has 3 rings (SSSR count). The van der Waals surface area contributed by atoms with E-state index in [9.17, 15) is 22.8 Å². The molecule has 0 unspecified atom stereocenters. The Morgan fingerprint density at radius 1 is 1.06 bits per heavy atom.